The smallest absolute Gasteiger partial charge is 0.0948 e. The van der Waals surface area contributed by atoms with E-state index in [9.17, 15) is 0 Å². The quantitative estimate of drug-likeness (QED) is 0.842. The summed E-state index contributed by atoms with van der Waals surface area (Å²) in [5.74, 6) is 0. The molecule has 3 rings (SSSR count). The minimum Gasteiger partial charge on any atom is -0.333 e. The highest BCUT2D eigenvalue weighted by Gasteiger charge is 2.42. The summed E-state index contributed by atoms with van der Waals surface area (Å²) >= 11 is 0. The van der Waals surface area contributed by atoms with E-state index >= 15 is 0 Å². The lowest BCUT2D eigenvalue weighted by Crippen LogP contribution is -2.20. The third kappa shape index (κ3) is 3.35. The topological polar surface area (TPSA) is 43.8 Å². The van der Waals surface area contributed by atoms with E-state index in [2.05, 4.69) is 40.7 Å². The largest absolute Gasteiger partial charge is 0.333 e. The molecule has 1 heterocycles. The Labute approximate surface area is 127 Å². The van der Waals surface area contributed by atoms with Crippen LogP contribution < -0.4 is 5.73 Å². The molecule has 0 spiro atoms. The second-order valence-electron chi connectivity index (χ2n) is 6.49. The van der Waals surface area contributed by atoms with Crippen molar-refractivity contribution >= 4 is 0 Å². The maximum atomic E-state index is 6.42. The van der Waals surface area contributed by atoms with Crippen molar-refractivity contribution in [2.75, 3.05) is 0 Å². The first-order valence-electron chi connectivity index (χ1n) is 8.02. The molecule has 1 atom stereocenters. The fraction of sp³-hybridized carbons (Fsp3) is 0.500. The highest BCUT2D eigenvalue weighted by atomic mass is 15.1. The highest BCUT2D eigenvalue weighted by molar-refractivity contribution is 5.18. The Morgan fingerprint density at radius 2 is 2.05 bits per heavy atom. The maximum absolute atomic E-state index is 6.42. The first kappa shape index (κ1) is 14.3. The fourth-order valence-corrected chi connectivity index (χ4v) is 3.30. The van der Waals surface area contributed by atoms with E-state index in [1.165, 1.54) is 36.9 Å². The molecule has 0 bridgehead atoms. The lowest BCUT2D eigenvalue weighted by atomic mass is 10.00. The van der Waals surface area contributed by atoms with Gasteiger partial charge in [0.25, 0.3) is 0 Å². The molecule has 3 heteroatoms. The van der Waals surface area contributed by atoms with Gasteiger partial charge in [-0.3, -0.25) is 0 Å². The molecule has 3 nitrogen and oxygen atoms in total. The van der Waals surface area contributed by atoms with Gasteiger partial charge in [-0.1, -0.05) is 43.7 Å². The molecule has 21 heavy (non-hydrogen) atoms. The van der Waals surface area contributed by atoms with Crippen LogP contribution >= 0.6 is 0 Å². The number of hydrogen-bond acceptors (Lipinski definition) is 2. The van der Waals surface area contributed by atoms with E-state index in [1.54, 1.807) is 0 Å². The summed E-state index contributed by atoms with van der Waals surface area (Å²) in [5.41, 5.74) is 9.40. The number of nitrogens with two attached hydrogens (primary N) is 1. The van der Waals surface area contributed by atoms with Gasteiger partial charge < -0.3 is 10.3 Å². The van der Waals surface area contributed by atoms with Crippen LogP contribution in [0.5, 0.6) is 0 Å². The standard InChI is InChI=1S/C18H25N3/c1-2-8-18(9-10-18)13-21-14-20-12-17(21)16(19)11-15-6-4-3-5-7-15/h3-7,12,14,16H,2,8-11,13,19H2,1H3/t16-/m1/s1. The first-order chi connectivity index (χ1) is 10.2. The highest BCUT2D eigenvalue weighted by Crippen LogP contribution is 2.51. The van der Waals surface area contributed by atoms with Gasteiger partial charge in [0, 0.05) is 12.7 Å². The molecular weight excluding hydrogens is 258 g/mol. The van der Waals surface area contributed by atoms with Crippen molar-refractivity contribution < 1.29 is 0 Å². The molecule has 0 amide bonds. The van der Waals surface area contributed by atoms with E-state index in [0.29, 0.717) is 5.41 Å². The average Bonchev–Trinajstić information content (AvgIpc) is 3.07. The van der Waals surface area contributed by atoms with E-state index in [1.807, 2.05) is 18.6 Å². The number of benzene rings is 1. The molecule has 1 aromatic heterocycles. The van der Waals surface area contributed by atoms with Crippen molar-refractivity contribution in [1.82, 2.24) is 9.55 Å². The molecule has 1 aliphatic rings. The molecule has 1 aromatic carbocycles. The van der Waals surface area contributed by atoms with Gasteiger partial charge in [-0.15, -0.1) is 0 Å². The van der Waals surface area contributed by atoms with Crippen LogP contribution in [0.15, 0.2) is 42.9 Å². The summed E-state index contributed by atoms with van der Waals surface area (Å²) in [6.45, 7) is 3.36. The lowest BCUT2D eigenvalue weighted by Gasteiger charge is -2.20. The summed E-state index contributed by atoms with van der Waals surface area (Å²) in [6.07, 6.45) is 10.1. The Bertz CT molecular complexity index is 569. The van der Waals surface area contributed by atoms with Crippen LogP contribution in [-0.2, 0) is 13.0 Å². The van der Waals surface area contributed by atoms with Gasteiger partial charge in [0.1, 0.15) is 0 Å². The van der Waals surface area contributed by atoms with Crippen LogP contribution in [0.1, 0.15) is 49.9 Å². The minimum absolute atomic E-state index is 0.0207. The molecule has 0 radical (unpaired) electrons. The molecule has 112 valence electrons. The minimum atomic E-state index is 0.0207. The van der Waals surface area contributed by atoms with Gasteiger partial charge in [-0.05, 0) is 36.7 Å². The Morgan fingerprint density at radius 3 is 2.71 bits per heavy atom. The van der Waals surface area contributed by atoms with Gasteiger partial charge in [0.2, 0.25) is 0 Å². The van der Waals surface area contributed by atoms with Crippen molar-refractivity contribution in [3.05, 3.63) is 54.1 Å². The summed E-state index contributed by atoms with van der Waals surface area (Å²) in [4.78, 5) is 4.34. The Balaban J connectivity index is 1.70. The van der Waals surface area contributed by atoms with Gasteiger partial charge in [-0.2, -0.15) is 0 Å². The molecule has 0 aliphatic heterocycles. The van der Waals surface area contributed by atoms with Gasteiger partial charge in [0.15, 0.2) is 0 Å². The van der Waals surface area contributed by atoms with Crippen LogP contribution in [-0.4, -0.2) is 9.55 Å². The zero-order valence-electron chi connectivity index (χ0n) is 12.8. The van der Waals surface area contributed by atoms with Crippen LogP contribution in [0.2, 0.25) is 0 Å². The number of aromatic nitrogens is 2. The summed E-state index contributed by atoms with van der Waals surface area (Å²) in [6, 6.07) is 10.5. The normalized spacial score (nSPS) is 17.6. The molecule has 1 aliphatic carbocycles. The van der Waals surface area contributed by atoms with E-state index < -0.39 is 0 Å². The second kappa shape index (κ2) is 6.02. The molecule has 0 saturated heterocycles. The summed E-state index contributed by atoms with van der Waals surface area (Å²) < 4.78 is 2.29. The van der Waals surface area contributed by atoms with Crippen LogP contribution in [0.4, 0.5) is 0 Å². The van der Waals surface area contributed by atoms with E-state index in [0.717, 1.165) is 13.0 Å². The summed E-state index contributed by atoms with van der Waals surface area (Å²) in [5, 5.41) is 0. The third-order valence-corrected chi connectivity index (χ3v) is 4.67. The molecule has 1 fully saturated rings. The molecule has 1 saturated carbocycles. The van der Waals surface area contributed by atoms with Crippen LogP contribution in [0, 0.1) is 5.41 Å². The van der Waals surface area contributed by atoms with E-state index in [-0.39, 0.29) is 6.04 Å². The Kier molecular flexibility index (Phi) is 4.11. The zero-order valence-corrected chi connectivity index (χ0v) is 12.8. The van der Waals surface area contributed by atoms with Gasteiger partial charge in [-0.25, -0.2) is 4.98 Å². The number of imidazole rings is 1. The third-order valence-electron chi connectivity index (χ3n) is 4.67. The Morgan fingerprint density at radius 1 is 1.29 bits per heavy atom. The Hall–Kier alpha value is -1.61. The monoisotopic (exact) mass is 283 g/mol. The second-order valence-corrected chi connectivity index (χ2v) is 6.49. The lowest BCUT2D eigenvalue weighted by molar-refractivity contribution is 0.377. The first-order valence-corrected chi connectivity index (χ1v) is 8.02. The van der Waals surface area contributed by atoms with Gasteiger partial charge >= 0.3 is 0 Å². The number of rotatable bonds is 7. The number of hydrogen-bond donors (Lipinski definition) is 1. The van der Waals surface area contributed by atoms with Gasteiger partial charge in [0.05, 0.1) is 18.1 Å². The SMILES string of the molecule is CCCC1(Cn2cncc2[C@H](N)Cc2ccccc2)CC1. The van der Waals surface area contributed by atoms with Crippen molar-refractivity contribution in [1.29, 1.82) is 0 Å². The predicted molar refractivity (Wildman–Crippen MR) is 85.9 cm³/mol. The van der Waals surface area contributed by atoms with Crippen molar-refractivity contribution in [3.63, 3.8) is 0 Å². The molecule has 2 N–H and O–H groups in total. The molecular formula is C18H25N3. The molecule has 2 aromatic rings. The van der Waals surface area contributed by atoms with Crippen molar-refractivity contribution in [2.24, 2.45) is 11.1 Å². The molecule has 0 unspecified atom stereocenters. The number of nitrogens with zero attached hydrogens (tertiary/aromatic N) is 2. The van der Waals surface area contributed by atoms with E-state index in [4.69, 9.17) is 5.73 Å². The van der Waals surface area contributed by atoms with Crippen molar-refractivity contribution in [2.45, 2.75) is 51.6 Å². The fourth-order valence-electron chi connectivity index (χ4n) is 3.30. The predicted octanol–water partition coefficient (Wildman–Crippen LogP) is 3.71. The van der Waals surface area contributed by atoms with Crippen LogP contribution in [0.25, 0.3) is 0 Å². The van der Waals surface area contributed by atoms with Crippen LogP contribution in [0.3, 0.4) is 0 Å². The average molecular weight is 283 g/mol. The zero-order chi connectivity index (χ0) is 14.7. The summed E-state index contributed by atoms with van der Waals surface area (Å²) in [7, 11) is 0. The maximum Gasteiger partial charge on any atom is 0.0948 e. The van der Waals surface area contributed by atoms with Crippen molar-refractivity contribution in [3.8, 4) is 0 Å².